The van der Waals surface area contributed by atoms with Crippen LogP contribution in [0.5, 0.6) is 11.5 Å². The highest BCUT2D eigenvalue weighted by molar-refractivity contribution is 5.98. The number of aromatic nitrogens is 2. The van der Waals surface area contributed by atoms with Crippen molar-refractivity contribution in [2.24, 2.45) is 5.41 Å². The molecule has 4 rings (SSSR count). The summed E-state index contributed by atoms with van der Waals surface area (Å²) in [5.41, 5.74) is 1.23. The summed E-state index contributed by atoms with van der Waals surface area (Å²) in [5.74, 6) is -0.923. The Morgan fingerprint density at radius 2 is 1.93 bits per heavy atom. The van der Waals surface area contributed by atoms with Gasteiger partial charge in [-0.1, -0.05) is 6.92 Å². The number of alkyl halides is 3. The summed E-state index contributed by atoms with van der Waals surface area (Å²) in [7, 11) is 0. The van der Waals surface area contributed by atoms with Crippen LogP contribution in [0.4, 0.5) is 17.6 Å². The molecule has 0 saturated carbocycles. The summed E-state index contributed by atoms with van der Waals surface area (Å²) in [6.07, 6.45) is 0.202. The van der Waals surface area contributed by atoms with Crippen LogP contribution >= 0.6 is 0 Å². The molecule has 0 bridgehead atoms. The van der Waals surface area contributed by atoms with E-state index >= 15 is 0 Å². The van der Waals surface area contributed by atoms with Gasteiger partial charge >= 0.3 is 6.36 Å². The Balaban J connectivity index is 1.69. The van der Waals surface area contributed by atoms with Crippen molar-refractivity contribution in [3.63, 3.8) is 0 Å². The summed E-state index contributed by atoms with van der Waals surface area (Å²) in [5, 5.41) is 3.90. The van der Waals surface area contributed by atoms with Gasteiger partial charge < -0.3 is 19.8 Å². The maximum atomic E-state index is 14.0. The third kappa shape index (κ3) is 4.51. The van der Waals surface area contributed by atoms with E-state index in [0.29, 0.717) is 35.0 Å². The minimum Gasteiger partial charge on any atom is -0.492 e. The summed E-state index contributed by atoms with van der Waals surface area (Å²) >= 11 is 0. The van der Waals surface area contributed by atoms with E-state index in [4.69, 9.17) is 4.74 Å². The number of H-pyrrole nitrogens is 1. The van der Waals surface area contributed by atoms with E-state index in [1.807, 2.05) is 0 Å². The Bertz CT molecular complexity index is 1040. The minimum absolute atomic E-state index is 0.0177. The zero-order valence-electron chi connectivity index (χ0n) is 16.3. The molecule has 1 saturated heterocycles. The molecule has 30 heavy (non-hydrogen) atoms. The quantitative estimate of drug-likeness (QED) is 0.565. The van der Waals surface area contributed by atoms with Crippen LogP contribution in [0.15, 0.2) is 36.7 Å². The lowest BCUT2D eigenvalue weighted by molar-refractivity contribution is -0.274. The lowest BCUT2D eigenvalue weighted by Crippen LogP contribution is -2.38. The molecule has 2 aromatic heterocycles. The first kappa shape index (κ1) is 20.5. The van der Waals surface area contributed by atoms with Gasteiger partial charge in [-0.25, -0.2) is 9.37 Å². The van der Waals surface area contributed by atoms with Crippen LogP contribution in [0.2, 0.25) is 0 Å². The van der Waals surface area contributed by atoms with E-state index in [0.717, 1.165) is 38.1 Å². The predicted molar refractivity (Wildman–Crippen MR) is 104 cm³/mol. The van der Waals surface area contributed by atoms with Crippen LogP contribution < -0.4 is 14.8 Å². The van der Waals surface area contributed by atoms with Gasteiger partial charge in [0.1, 0.15) is 23.0 Å². The normalized spacial score (nSPS) is 16.6. The average Bonchev–Trinajstić information content (AvgIpc) is 3.10. The Morgan fingerprint density at radius 3 is 2.67 bits per heavy atom. The monoisotopic (exact) mass is 423 g/mol. The van der Waals surface area contributed by atoms with Gasteiger partial charge in [0.15, 0.2) is 0 Å². The number of fused-ring (bicyclic) bond motifs is 1. The second-order valence-electron chi connectivity index (χ2n) is 7.81. The van der Waals surface area contributed by atoms with Gasteiger partial charge in [0, 0.05) is 29.4 Å². The van der Waals surface area contributed by atoms with Crippen molar-refractivity contribution in [2.75, 3.05) is 19.7 Å². The first-order valence-electron chi connectivity index (χ1n) is 9.59. The number of hydrogen-bond donors (Lipinski definition) is 2. The standard InChI is InChI=1S/C21H21F4N3O2/c1-20(3-6-26-7-4-20)12-29-17-2-5-27-19-18(17)16(11-28-19)13-8-14(22)10-15(9-13)30-21(23,24)25/h2,5,8-11,26H,3-4,6-7,12H2,1H3,(H,27,28). The van der Waals surface area contributed by atoms with Crippen molar-refractivity contribution in [1.82, 2.24) is 15.3 Å². The molecule has 1 fully saturated rings. The van der Waals surface area contributed by atoms with E-state index in [1.165, 1.54) is 0 Å². The van der Waals surface area contributed by atoms with Gasteiger partial charge in [-0.3, -0.25) is 0 Å². The van der Waals surface area contributed by atoms with Gasteiger partial charge in [0.25, 0.3) is 0 Å². The SMILES string of the molecule is CC1(COc2ccnc3[nH]cc(-c4cc(F)cc(OC(F)(F)F)c4)c23)CCNCC1. The number of pyridine rings is 1. The molecule has 2 N–H and O–H groups in total. The number of aromatic amines is 1. The number of ether oxygens (including phenoxy) is 2. The number of piperidine rings is 1. The summed E-state index contributed by atoms with van der Waals surface area (Å²) in [6.45, 7) is 4.50. The molecular weight excluding hydrogens is 402 g/mol. The maximum Gasteiger partial charge on any atom is 0.573 e. The lowest BCUT2D eigenvalue weighted by atomic mass is 9.82. The molecule has 0 aliphatic carbocycles. The minimum atomic E-state index is -4.91. The molecule has 1 aliphatic heterocycles. The molecule has 3 heterocycles. The zero-order valence-corrected chi connectivity index (χ0v) is 16.3. The van der Waals surface area contributed by atoms with Crippen molar-refractivity contribution in [3.05, 3.63) is 42.5 Å². The number of hydrogen-bond acceptors (Lipinski definition) is 4. The van der Waals surface area contributed by atoms with Crippen LogP contribution in [-0.2, 0) is 0 Å². The molecule has 1 aliphatic rings. The molecule has 0 radical (unpaired) electrons. The van der Waals surface area contributed by atoms with Crippen LogP contribution in [0.25, 0.3) is 22.2 Å². The number of nitrogens with one attached hydrogen (secondary N) is 2. The van der Waals surface area contributed by atoms with E-state index < -0.39 is 17.9 Å². The fraction of sp³-hybridized carbons (Fsp3) is 0.381. The lowest BCUT2D eigenvalue weighted by Gasteiger charge is -2.33. The first-order valence-corrected chi connectivity index (χ1v) is 9.59. The highest BCUT2D eigenvalue weighted by atomic mass is 19.4. The molecule has 3 aromatic rings. The first-order chi connectivity index (χ1) is 14.2. The number of halogens is 4. The molecule has 9 heteroatoms. The zero-order chi connectivity index (χ0) is 21.4. The van der Waals surface area contributed by atoms with E-state index in [-0.39, 0.29) is 11.0 Å². The maximum absolute atomic E-state index is 14.0. The van der Waals surface area contributed by atoms with Crippen LogP contribution in [0, 0.1) is 11.2 Å². The third-order valence-corrected chi connectivity index (χ3v) is 5.34. The van der Waals surface area contributed by atoms with Gasteiger partial charge in [-0.15, -0.1) is 13.2 Å². The van der Waals surface area contributed by atoms with Gasteiger partial charge in [-0.2, -0.15) is 0 Å². The Morgan fingerprint density at radius 1 is 1.17 bits per heavy atom. The second kappa shape index (κ2) is 7.79. The van der Waals surface area contributed by atoms with Crippen LogP contribution in [0.1, 0.15) is 19.8 Å². The van der Waals surface area contributed by atoms with Crippen LogP contribution in [0.3, 0.4) is 0 Å². The summed E-state index contributed by atoms with van der Waals surface area (Å²) in [6, 6.07) is 4.69. The molecule has 5 nitrogen and oxygen atoms in total. The molecular formula is C21H21F4N3O2. The third-order valence-electron chi connectivity index (χ3n) is 5.34. The second-order valence-corrected chi connectivity index (χ2v) is 7.81. The Kier molecular flexibility index (Phi) is 5.31. The Labute approximate surface area is 170 Å². The van der Waals surface area contributed by atoms with E-state index in [9.17, 15) is 17.6 Å². The van der Waals surface area contributed by atoms with Crippen molar-refractivity contribution in [2.45, 2.75) is 26.1 Å². The predicted octanol–water partition coefficient (Wildman–Crippen LogP) is 5.04. The van der Waals surface area contributed by atoms with Gasteiger partial charge in [-0.05, 0) is 49.7 Å². The number of nitrogens with zero attached hydrogens (tertiary/aromatic N) is 1. The molecule has 0 amide bonds. The fourth-order valence-corrected chi connectivity index (χ4v) is 3.71. The number of benzene rings is 1. The average molecular weight is 423 g/mol. The molecule has 1 aromatic carbocycles. The van der Waals surface area contributed by atoms with Gasteiger partial charge in [0.05, 0.1) is 12.0 Å². The highest BCUT2D eigenvalue weighted by Gasteiger charge is 2.32. The molecule has 0 spiro atoms. The number of rotatable bonds is 5. The summed E-state index contributed by atoms with van der Waals surface area (Å²) < 4.78 is 61.8. The van der Waals surface area contributed by atoms with Crippen molar-refractivity contribution >= 4 is 11.0 Å². The van der Waals surface area contributed by atoms with Crippen molar-refractivity contribution < 1.29 is 27.0 Å². The van der Waals surface area contributed by atoms with Crippen LogP contribution in [-0.4, -0.2) is 36.0 Å². The Hall–Kier alpha value is -2.81. The molecule has 0 unspecified atom stereocenters. The largest absolute Gasteiger partial charge is 0.573 e. The van der Waals surface area contributed by atoms with E-state index in [2.05, 4.69) is 26.9 Å². The smallest absolute Gasteiger partial charge is 0.492 e. The van der Waals surface area contributed by atoms with E-state index in [1.54, 1.807) is 18.5 Å². The van der Waals surface area contributed by atoms with Crippen molar-refractivity contribution in [3.8, 4) is 22.6 Å². The fourth-order valence-electron chi connectivity index (χ4n) is 3.71. The molecule has 160 valence electrons. The highest BCUT2D eigenvalue weighted by Crippen LogP contribution is 2.38. The summed E-state index contributed by atoms with van der Waals surface area (Å²) in [4.78, 5) is 7.23. The van der Waals surface area contributed by atoms with Crippen molar-refractivity contribution in [1.29, 1.82) is 0 Å². The topological polar surface area (TPSA) is 59.2 Å². The van der Waals surface area contributed by atoms with Gasteiger partial charge in [0.2, 0.25) is 0 Å². The molecule has 0 atom stereocenters.